The van der Waals surface area contributed by atoms with E-state index in [9.17, 15) is 13.2 Å². The Hall–Kier alpha value is -2.54. The molecule has 0 aliphatic carbocycles. The summed E-state index contributed by atoms with van der Waals surface area (Å²) in [5.74, 6) is 0.657. The normalized spacial score (nSPS) is 11.1. The van der Waals surface area contributed by atoms with Gasteiger partial charge in [-0.2, -0.15) is 0 Å². The zero-order chi connectivity index (χ0) is 20.4. The number of sulfonamides is 1. The molecule has 0 atom stereocenters. The second-order valence-corrected chi connectivity index (χ2v) is 8.38. The number of benzene rings is 2. The number of carbonyl (C=O) groups is 1. The van der Waals surface area contributed by atoms with E-state index in [1.807, 2.05) is 30.3 Å². The average molecular weight is 405 g/mol. The zero-order valence-corrected chi connectivity index (χ0v) is 17.2. The Morgan fingerprint density at radius 1 is 1.07 bits per heavy atom. The van der Waals surface area contributed by atoms with Crippen molar-refractivity contribution in [2.75, 3.05) is 30.3 Å². The molecule has 0 aliphatic heterocycles. The molecule has 0 bridgehead atoms. The van der Waals surface area contributed by atoms with Crippen molar-refractivity contribution in [1.29, 1.82) is 0 Å². The minimum atomic E-state index is -3.39. The molecule has 0 fully saturated rings. The molecule has 0 saturated heterocycles. The highest BCUT2D eigenvalue weighted by atomic mass is 32.2. The van der Waals surface area contributed by atoms with E-state index in [1.165, 1.54) is 16.1 Å². The minimum absolute atomic E-state index is 0.119. The second kappa shape index (κ2) is 10.7. The van der Waals surface area contributed by atoms with E-state index in [1.54, 1.807) is 24.3 Å². The number of nitrogens with zero attached hydrogens (tertiary/aromatic N) is 1. The standard InChI is InChI=1S/C21H28N2O4S/c1-3-18-11-13-20(14-12-18)27-17-15-22-21(24)10-7-16-23(28(2,25)26)19-8-5-4-6-9-19/h4-6,8-9,11-14H,3,7,10,15-17H2,1-2H3,(H,22,24). The molecule has 1 N–H and O–H groups in total. The van der Waals surface area contributed by atoms with Gasteiger partial charge in [-0.3, -0.25) is 9.10 Å². The predicted molar refractivity (Wildman–Crippen MR) is 112 cm³/mol. The van der Waals surface area contributed by atoms with Gasteiger partial charge in [0.2, 0.25) is 15.9 Å². The molecular weight excluding hydrogens is 376 g/mol. The maximum absolute atomic E-state index is 12.0. The summed E-state index contributed by atoms with van der Waals surface area (Å²) in [5, 5.41) is 2.80. The zero-order valence-electron chi connectivity index (χ0n) is 16.4. The third-order valence-electron chi connectivity index (χ3n) is 4.23. The first kappa shape index (κ1) is 21.8. The monoisotopic (exact) mass is 404 g/mol. The Labute approximate surface area is 167 Å². The lowest BCUT2D eigenvalue weighted by atomic mass is 10.2. The van der Waals surface area contributed by atoms with E-state index in [2.05, 4.69) is 12.2 Å². The van der Waals surface area contributed by atoms with Crippen molar-refractivity contribution in [2.45, 2.75) is 26.2 Å². The van der Waals surface area contributed by atoms with Crippen molar-refractivity contribution in [3.63, 3.8) is 0 Å². The first-order valence-corrected chi connectivity index (χ1v) is 11.3. The predicted octanol–water partition coefficient (Wildman–Crippen LogP) is 2.99. The minimum Gasteiger partial charge on any atom is -0.492 e. The van der Waals surface area contributed by atoms with Gasteiger partial charge in [-0.05, 0) is 42.7 Å². The molecule has 1 amide bonds. The van der Waals surface area contributed by atoms with Crippen molar-refractivity contribution < 1.29 is 17.9 Å². The van der Waals surface area contributed by atoms with Gasteiger partial charge in [0.05, 0.1) is 18.5 Å². The molecular formula is C21H28N2O4S. The Morgan fingerprint density at radius 2 is 1.75 bits per heavy atom. The van der Waals surface area contributed by atoms with Crippen LogP contribution in [0.4, 0.5) is 5.69 Å². The summed E-state index contributed by atoms with van der Waals surface area (Å²) in [4.78, 5) is 12.0. The maximum Gasteiger partial charge on any atom is 0.232 e. The molecule has 2 aromatic carbocycles. The maximum atomic E-state index is 12.0. The molecule has 152 valence electrons. The van der Waals surface area contributed by atoms with Gasteiger partial charge in [0.1, 0.15) is 12.4 Å². The van der Waals surface area contributed by atoms with Crippen LogP contribution in [0.3, 0.4) is 0 Å². The van der Waals surface area contributed by atoms with Crippen LogP contribution in [0.1, 0.15) is 25.3 Å². The smallest absolute Gasteiger partial charge is 0.232 e. The summed E-state index contributed by atoms with van der Waals surface area (Å²) in [6.07, 6.45) is 2.85. The van der Waals surface area contributed by atoms with Gasteiger partial charge >= 0.3 is 0 Å². The lowest BCUT2D eigenvalue weighted by molar-refractivity contribution is -0.121. The molecule has 0 unspecified atom stereocenters. The van der Waals surface area contributed by atoms with E-state index in [-0.39, 0.29) is 18.9 Å². The highest BCUT2D eigenvalue weighted by Crippen LogP contribution is 2.17. The molecule has 0 saturated carbocycles. The van der Waals surface area contributed by atoms with Crippen LogP contribution >= 0.6 is 0 Å². The van der Waals surface area contributed by atoms with Crippen LogP contribution in [0.15, 0.2) is 54.6 Å². The third-order valence-corrected chi connectivity index (χ3v) is 5.43. The van der Waals surface area contributed by atoms with Gasteiger partial charge in [-0.15, -0.1) is 0 Å². The summed E-state index contributed by atoms with van der Waals surface area (Å²) < 4.78 is 30.9. The van der Waals surface area contributed by atoms with Crippen molar-refractivity contribution in [2.24, 2.45) is 0 Å². The van der Waals surface area contributed by atoms with Crippen LogP contribution in [0.25, 0.3) is 0 Å². The van der Waals surface area contributed by atoms with E-state index < -0.39 is 10.0 Å². The van der Waals surface area contributed by atoms with Crippen LogP contribution in [0.2, 0.25) is 0 Å². The SMILES string of the molecule is CCc1ccc(OCCNC(=O)CCCN(c2ccccc2)S(C)(=O)=O)cc1. The van der Waals surface area contributed by atoms with Crippen molar-refractivity contribution >= 4 is 21.6 Å². The third kappa shape index (κ3) is 7.23. The van der Waals surface area contributed by atoms with Gasteiger partial charge < -0.3 is 10.1 Å². The molecule has 0 spiro atoms. The number of aryl methyl sites for hydroxylation is 1. The number of ether oxygens (including phenoxy) is 1. The van der Waals surface area contributed by atoms with Crippen LogP contribution in [0, 0.1) is 0 Å². The lowest BCUT2D eigenvalue weighted by Gasteiger charge is -2.22. The van der Waals surface area contributed by atoms with Gasteiger partial charge in [0.25, 0.3) is 0 Å². The fourth-order valence-corrected chi connectivity index (χ4v) is 3.70. The Kier molecular flexibility index (Phi) is 8.32. The van der Waals surface area contributed by atoms with Crippen molar-refractivity contribution in [3.05, 3.63) is 60.2 Å². The molecule has 7 heteroatoms. The summed E-state index contributed by atoms with van der Waals surface area (Å²) in [5.41, 5.74) is 1.85. The van der Waals surface area contributed by atoms with Gasteiger partial charge in [0, 0.05) is 13.0 Å². The van der Waals surface area contributed by atoms with E-state index in [0.29, 0.717) is 25.3 Å². The van der Waals surface area contributed by atoms with E-state index in [0.717, 1.165) is 12.2 Å². The highest BCUT2D eigenvalue weighted by molar-refractivity contribution is 7.92. The van der Waals surface area contributed by atoms with Gasteiger partial charge in [0.15, 0.2) is 0 Å². The second-order valence-electron chi connectivity index (χ2n) is 6.47. The first-order valence-electron chi connectivity index (χ1n) is 9.41. The van der Waals surface area contributed by atoms with E-state index >= 15 is 0 Å². The Balaban J connectivity index is 1.69. The van der Waals surface area contributed by atoms with Crippen LogP contribution in [-0.2, 0) is 21.2 Å². The van der Waals surface area contributed by atoms with Crippen LogP contribution < -0.4 is 14.4 Å². The fourth-order valence-electron chi connectivity index (χ4n) is 2.73. The Morgan fingerprint density at radius 3 is 2.36 bits per heavy atom. The molecule has 0 aliphatic rings. The van der Waals surface area contributed by atoms with Crippen LogP contribution in [0.5, 0.6) is 5.75 Å². The highest BCUT2D eigenvalue weighted by Gasteiger charge is 2.17. The summed E-state index contributed by atoms with van der Waals surface area (Å²) in [7, 11) is -3.39. The quantitative estimate of drug-likeness (QED) is 0.584. The number of amides is 1. The first-order chi connectivity index (χ1) is 13.4. The molecule has 0 heterocycles. The van der Waals surface area contributed by atoms with Gasteiger partial charge in [-0.1, -0.05) is 37.3 Å². The number of nitrogens with one attached hydrogen (secondary N) is 1. The molecule has 0 aromatic heterocycles. The fraction of sp³-hybridized carbons (Fsp3) is 0.381. The topological polar surface area (TPSA) is 75.7 Å². The summed E-state index contributed by atoms with van der Waals surface area (Å²) >= 11 is 0. The molecule has 28 heavy (non-hydrogen) atoms. The van der Waals surface area contributed by atoms with Crippen molar-refractivity contribution in [3.8, 4) is 5.75 Å². The molecule has 2 aromatic rings. The number of hydrogen-bond donors (Lipinski definition) is 1. The average Bonchev–Trinajstić information content (AvgIpc) is 2.69. The van der Waals surface area contributed by atoms with Gasteiger partial charge in [-0.25, -0.2) is 8.42 Å². The van der Waals surface area contributed by atoms with E-state index in [4.69, 9.17) is 4.74 Å². The number of rotatable bonds is 11. The number of anilines is 1. The largest absolute Gasteiger partial charge is 0.492 e. The lowest BCUT2D eigenvalue weighted by Crippen LogP contribution is -2.32. The molecule has 2 rings (SSSR count). The summed E-state index contributed by atoms with van der Waals surface area (Å²) in [6.45, 7) is 3.15. The molecule has 0 radical (unpaired) electrons. The number of carbonyl (C=O) groups excluding carboxylic acids is 1. The molecule has 6 nitrogen and oxygen atoms in total. The summed E-state index contributed by atoms with van der Waals surface area (Å²) in [6, 6.07) is 16.8. The van der Waals surface area contributed by atoms with Crippen molar-refractivity contribution in [1.82, 2.24) is 5.32 Å². The Bertz CT molecular complexity index is 836. The van der Waals surface area contributed by atoms with Crippen LogP contribution in [-0.4, -0.2) is 40.3 Å². The number of para-hydroxylation sites is 1. The number of hydrogen-bond acceptors (Lipinski definition) is 4.